The zero-order valence-electron chi connectivity index (χ0n) is 24.3. The van der Waals surface area contributed by atoms with E-state index in [0.717, 1.165) is 28.9 Å². The van der Waals surface area contributed by atoms with E-state index in [0.29, 0.717) is 44.3 Å². The van der Waals surface area contributed by atoms with Gasteiger partial charge in [0.15, 0.2) is 0 Å². The third-order valence-corrected chi connectivity index (χ3v) is 8.88. The van der Waals surface area contributed by atoms with Gasteiger partial charge in [-0.1, -0.05) is 17.7 Å². The molecule has 2 N–H and O–H groups in total. The molecule has 0 aromatic heterocycles. The summed E-state index contributed by atoms with van der Waals surface area (Å²) in [6.45, 7) is 4.64. The third-order valence-electron chi connectivity index (χ3n) is 8.88. The Balaban J connectivity index is 1.11. The van der Waals surface area contributed by atoms with Gasteiger partial charge in [0.05, 0.1) is 17.4 Å². The van der Waals surface area contributed by atoms with Crippen LogP contribution in [0.1, 0.15) is 54.7 Å². The van der Waals surface area contributed by atoms with Gasteiger partial charge in [0.2, 0.25) is 11.8 Å². The summed E-state index contributed by atoms with van der Waals surface area (Å²) in [6.07, 6.45) is 1.51. The Hall–Kier alpha value is -4.02. The van der Waals surface area contributed by atoms with Crippen LogP contribution < -0.4 is 20.4 Å². The monoisotopic (exact) mass is 582 g/mol. The molecule has 2 aromatic rings. The Labute approximate surface area is 243 Å². The van der Waals surface area contributed by atoms with E-state index >= 15 is 0 Å². The summed E-state index contributed by atoms with van der Waals surface area (Å²) in [6, 6.07) is 8.03. The third kappa shape index (κ3) is 5.20. The molecule has 1 atom stereocenters. The van der Waals surface area contributed by atoms with E-state index in [1.165, 1.54) is 7.05 Å². The van der Waals surface area contributed by atoms with Gasteiger partial charge >= 0.3 is 6.09 Å². The van der Waals surface area contributed by atoms with Gasteiger partial charge in [0, 0.05) is 69.8 Å². The quantitative estimate of drug-likeness (QED) is 0.412. The van der Waals surface area contributed by atoms with Crippen molar-refractivity contribution in [1.29, 1.82) is 0 Å². The number of benzene rings is 2. The van der Waals surface area contributed by atoms with Crippen molar-refractivity contribution in [2.75, 3.05) is 37.0 Å². The smallest absolute Gasteiger partial charge is 0.408 e. The fourth-order valence-electron chi connectivity index (χ4n) is 6.75. The molecular weight excluding hydrogens is 546 g/mol. The van der Waals surface area contributed by atoms with E-state index in [-0.39, 0.29) is 30.4 Å². The molecule has 224 valence electrons. The summed E-state index contributed by atoms with van der Waals surface area (Å²) >= 11 is 0. The number of carbonyl (C=O) groups is 4. The highest BCUT2D eigenvalue weighted by molar-refractivity contribution is 6.00. The van der Waals surface area contributed by atoms with Gasteiger partial charge in [0.25, 0.3) is 0 Å². The molecule has 42 heavy (non-hydrogen) atoms. The predicted molar refractivity (Wildman–Crippen MR) is 152 cm³/mol. The standard InChI is InChI=1S/C31H36F2N4O5/c1-18-7-8-25(19(2)10-18)36(4)28(40)30-15-31(16-30,17-30)42-29(41)35-20-13-37(14-20)21-11-23(32)26(24(33)12-21)22(6-5-9-38)27(39)34-3/h7-12,20,22H,5-6,13-17H2,1-4H3,(H,34,39)(H,35,41). The maximum Gasteiger partial charge on any atom is 0.408 e. The molecule has 2 aromatic carbocycles. The second kappa shape index (κ2) is 11.0. The summed E-state index contributed by atoms with van der Waals surface area (Å²) < 4.78 is 35.6. The fraction of sp³-hybridized carbons (Fsp3) is 0.484. The number of hydrogen-bond donors (Lipinski definition) is 2. The van der Waals surface area contributed by atoms with Crippen molar-refractivity contribution in [3.63, 3.8) is 0 Å². The van der Waals surface area contributed by atoms with Crippen molar-refractivity contribution in [1.82, 2.24) is 10.6 Å². The van der Waals surface area contributed by atoms with Gasteiger partial charge in [-0.2, -0.15) is 0 Å². The summed E-state index contributed by atoms with van der Waals surface area (Å²) in [5.74, 6) is -3.38. The number of amides is 3. The lowest BCUT2D eigenvalue weighted by Gasteiger charge is -2.67. The van der Waals surface area contributed by atoms with Crippen molar-refractivity contribution in [3.8, 4) is 0 Å². The molecule has 3 saturated carbocycles. The molecule has 1 unspecified atom stereocenters. The zero-order valence-corrected chi connectivity index (χ0v) is 24.3. The van der Waals surface area contributed by atoms with E-state index in [1.54, 1.807) is 16.8 Å². The molecule has 4 aliphatic rings. The number of rotatable bonds is 10. The van der Waals surface area contributed by atoms with E-state index in [4.69, 9.17) is 4.74 Å². The van der Waals surface area contributed by atoms with Crippen LogP contribution in [0.25, 0.3) is 0 Å². The van der Waals surface area contributed by atoms with Gasteiger partial charge in [-0.15, -0.1) is 0 Å². The largest absolute Gasteiger partial charge is 0.443 e. The average Bonchev–Trinajstić information content (AvgIpc) is 2.87. The lowest BCUT2D eigenvalue weighted by Crippen LogP contribution is -2.74. The highest BCUT2D eigenvalue weighted by Gasteiger charge is 2.75. The SMILES string of the molecule is CNC(=O)C(CCC=O)c1c(F)cc(N2CC(NC(=O)OC34CC(C(=O)N(C)c5ccc(C)cc5C)(C3)C4)C2)cc1F. The Morgan fingerprint density at radius 3 is 2.33 bits per heavy atom. The van der Waals surface area contributed by atoms with Crippen LogP contribution >= 0.6 is 0 Å². The predicted octanol–water partition coefficient (Wildman–Crippen LogP) is 3.89. The molecule has 3 aliphatic carbocycles. The Kier molecular flexibility index (Phi) is 7.72. The lowest BCUT2D eigenvalue weighted by atomic mass is 9.40. The van der Waals surface area contributed by atoms with Crippen molar-refractivity contribution in [2.45, 2.75) is 63.5 Å². The Morgan fingerprint density at radius 2 is 1.76 bits per heavy atom. The van der Waals surface area contributed by atoms with Gasteiger partial charge in [0.1, 0.15) is 23.5 Å². The van der Waals surface area contributed by atoms with Crippen LogP contribution in [0, 0.1) is 30.9 Å². The van der Waals surface area contributed by atoms with Crippen molar-refractivity contribution < 1.29 is 32.7 Å². The summed E-state index contributed by atoms with van der Waals surface area (Å²) in [7, 11) is 3.15. The number of aryl methyl sites for hydroxylation is 2. The maximum atomic E-state index is 15.0. The molecule has 9 nitrogen and oxygen atoms in total. The van der Waals surface area contributed by atoms with Crippen LogP contribution in [0.2, 0.25) is 0 Å². The van der Waals surface area contributed by atoms with Gasteiger partial charge in [-0.3, -0.25) is 9.59 Å². The van der Waals surface area contributed by atoms with E-state index in [9.17, 15) is 28.0 Å². The molecule has 0 spiro atoms. The van der Waals surface area contributed by atoms with Crippen LogP contribution in [0.4, 0.5) is 25.0 Å². The average molecular weight is 583 g/mol. The summed E-state index contributed by atoms with van der Waals surface area (Å²) in [4.78, 5) is 52.2. The molecule has 4 fully saturated rings. The van der Waals surface area contributed by atoms with Crippen LogP contribution in [0.3, 0.4) is 0 Å². The number of aldehydes is 1. The fourth-order valence-corrected chi connectivity index (χ4v) is 6.75. The summed E-state index contributed by atoms with van der Waals surface area (Å²) in [5, 5.41) is 5.19. The number of carbonyl (C=O) groups excluding carboxylic acids is 4. The zero-order chi connectivity index (χ0) is 30.4. The first-order valence-corrected chi connectivity index (χ1v) is 14.1. The maximum absolute atomic E-state index is 15.0. The van der Waals surface area contributed by atoms with Crippen molar-refractivity contribution >= 4 is 35.6 Å². The molecule has 1 heterocycles. The first-order chi connectivity index (χ1) is 19.9. The highest BCUT2D eigenvalue weighted by atomic mass is 19.1. The Bertz CT molecular complexity index is 1400. The Morgan fingerprint density at radius 1 is 1.12 bits per heavy atom. The number of likely N-dealkylation sites (N-methyl/N-ethyl adjacent to an activating group) is 1. The first kappa shape index (κ1) is 29.5. The minimum absolute atomic E-state index is 0.00293. The first-order valence-electron chi connectivity index (χ1n) is 14.1. The lowest BCUT2D eigenvalue weighted by molar-refractivity contribution is -0.246. The van der Waals surface area contributed by atoms with Crippen molar-refractivity contribution in [2.24, 2.45) is 5.41 Å². The normalized spacial score (nSPS) is 23.0. The van der Waals surface area contributed by atoms with Crippen LogP contribution in [-0.2, 0) is 19.1 Å². The van der Waals surface area contributed by atoms with E-state index in [1.807, 2.05) is 32.0 Å². The minimum Gasteiger partial charge on any atom is -0.443 e. The topological polar surface area (TPSA) is 108 Å². The molecule has 11 heteroatoms. The number of halogens is 2. The highest BCUT2D eigenvalue weighted by Crippen LogP contribution is 2.69. The number of alkyl carbamates (subject to hydrolysis) is 1. The van der Waals surface area contributed by atoms with E-state index in [2.05, 4.69) is 10.6 Å². The number of ether oxygens (including phenoxy) is 1. The van der Waals surface area contributed by atoms with Crippen LogP contribution in [0.5, 0.6) is 0 Å². The van der Waals surface area contributed by atoms with E-state index < -0.39 is 40.6 Å². The molecule has 1 aliphatic heterocycles. The molecule has 0 radical (unpaired) electrons. The minimum atomic E-state index is -1.12. The molecule has 3 amide bonds. The number of nitrogens with one attached hydrogen (secondary N) is 2. The number of nitrogens with zero attached hydrogens (tertiary/aromatic N) is 2. The van der Waals surface area contributed by atoms with Crippen molar-refractivity contribution in [3.05, 3.63) is 58.7 Å². The second-order valence-corrected chi connectivity index (χ2v) is 12.0. The second-order valence-electron chi connectivity index (χ2n) is 12.0. The van der Waals surface area contributed by atoms with Gasteiger partial charge < -0.3 is 30.0 Å². The van der Waals surface area contributed by atoms with Gasteiger partial charge in [-0.05, 0) is 44.0 Å². The van der Waals surface area contributed by atoms with Gasteiger partial charge in [-0.25, -0.2) is 13.6 Å². The number of hydrogen-bond acceptors (Lipinski definition) is 6. The van der Waals surface area contributed by atoms with Crippen LogP contribution in [0.15, 0.2) is 30.3 Å². The number of anilines is 2. The van der Waals surface area contributed by atoms with Crippen LogP contribution in [-0.4, -0.2) is 63.0 Å². The summed E-state index contributed by atoms with van der Waals surface area (Å²) in [5.41, 5.74) is 1.83. The molecule has 2 bridgehead atoms. The molecule has 1 saturated heterocycles. The molecular formula is C31H36F2N4O5. The molecule has 6 rings (SSSR count).